The van der Waals surface area contributed by atoms with Gasteiger partial charge in [-0.1, -0.05) is 0 Å². The Morgan fingerprint density at radius 2 is 1.71 bits per heavy atom. The highest BCUT2D eigenvalue weighted by Crippen LogP contribution is 2.28. The lowest BCUT2D eigenvalue weighted by molar-refractivity contribution is -0.137. The van der Waals surface area contributed by atoms with Gasteiger partial charge in [0.2, 0.25) is 0 Å². The molecule has 0 fully saturated rings. The van der Waals surface area contributed by atoms with Gasteiger partial charge in [0.15, 0.2) is 0 Å². The second-order valence-electron chi connectivity index (χ2n) is 2.64. The van der Waals surface area contributed by atoms with Crippen LogP contribution in [0.2, 0.25) is 0 Å². The lowest BCUT2D eigenvalue weighted by Gasteiger charge is -2.05. The summed E-state index contributed by atoms with van der Waals surface area (Å²) in [4.78, 5) is 3.39. The second kappa shape index (κ2) is 5.91. The van der Waals surface area contributed by atoms with Crippen LogP contribution in [0, 0.1) is 0 Å². The van der Waals surface area contributed by atoms with Crippen molar-refractivity contribution < 1.29 is 35.8 Å². The van der Waals surface area contributed by atoms with Crippen LogP contribution in [0.1, 0.15) is 11.3 Å². The van der Waals surface area contributed by atoms with Crippen LogP contribution in [0.4, 0.5) is 13.2 Å². The van der Waals surface area contributed by atoms with Crippen molar-refractivity contribution >= 4 is 10.4 Å². The van der Waals surface area contributed by atoms with Crippen LogP contribution < -0.4 is 0 Å². The number of alkyl halides is 3. The molecule has 6 nitrogen and oxygen atoms in total. The maximum absolute atomic E-state index is 11.9. The third kappa shape index (κ3) is 8.56. The molecule has 0 radical (unpaired) electrons. The second-order valence-corrected chi connectivity index (χ2v) is 3.54. The van der Waals surface area contributed by atoms with E-state index in [1.165, 1.54) is 0 Å². The van der Waals surface area contributed by atoms with Gasteiger partial charge in [0.05, 0.1) is 17.9 Å². The lowest BCUT2D eigenvalue weighted by atomic mass is 10.2. The average molecular weight is 275 g/mol. The Hall–Kier alpha value is -1.23. The van der Waals surface area contributed by atoms with Gasteiger partial charge in [-0.05, 0) is 12.1 Å². The fourth-order valence-corrected chi connectivity index (χ4v) is 0.686. The molecule has 1 aromatic rings. The van der Waals surface area contributed by atoms with E-state index in [1.54, 1.807) is 0 Å². The van der Waals surface area contributed by atoms with Crippen LogP contribution in [0.15, 0.2) is 18.3 Å². The maximum Gasteiger partial charge on any atom is 0.417 e. The van der Waals surface area contributed by atoms with Crippen LogP contribution in [0.25, 0.3) is 0 Å². The molecule has 17 heavy (non-hydrogen) atoms. The van der Waals surface area contributed by atoms with Crippen molar-refractivity contribution in [2.45, 2.75) is 12.8 Å². The van der Waals surface area contributed by atoms with Crippen molar-refractivity contribution in [2.75, 3.05) is 0 Å². The molecule has 0 unspecified atom stereocenters. The van der Waals surface area contributed by atoms with Gasteiger partial charge >= 0.3 is 16.6 Å². The summed E-state index contributed by atoms with van der Waals surface area (Å²) >= 11 is 0. The van der Waals surface area contributed by atoms with E-state index < -0.39 is 22.1 Å². The number of aromatic nitrogens is 1. The van der Waals surface area contributed by atoms with Crippen molar-refractivity contribution in [3.63, 3.8) is 0 Å². The van der Waals surface area contributed by atoms with E-state index in [1.807, 2.05) is 0 Å². The molecule has 0 aliphatic heterocycles. The molecule has 0 saturated heterocycles. The van der Waals surface area contributed by atoms with E-state index in [0.29, 0.717) is 6.20 Å². The Morgan fingerprint density at radius 3 is 1.94 bits per heavy atom. The molecule has 0 bridgehead atoms. The zero-order valence-corrected chi connectivity index (χ0v) is 8.90. The first-order valence-electron chi connectivity index (χ1n) is 3.87. The van der Waals surface area contributed by atoms with Crippen molar-refractivity contribution in [1.29, 1.82) is 0 Å². The molecular formula is C7H8F3NO5S. The van der Waals surface area contributed by atoms with E-state index in [2.05, 4.69) is 4.98 Å². The molecule has 1 heterocycles. The number of nitrogens with zero attached hydrogens (tertiary/aromatic N) is 1. The summed E-state index contributed by atoms with van der Waals surface area (Å²) in [7, 11) is -4.67. The molecule has 10 heteroatoms. The number of halogens is 3. The average Bonchev–Trinajstić information content (AvgIpc) is 2.14. The predicted molar refractivity (Wildman–Crippen MR) is 49.3 cm³/mol. The molecule has 0 saturated carbocycles. The van der Waals surface area contributed by atoms with Crippen molar-refractivity contribution in [3.8, 4) is 0 Å². The minimum Gasteiger partial charge on any atom is -0.390 e. The summed E-state index contributed by atoms with van der Waals surface area (Å²) in [5.41, 5.74) is -0.581. The maximum atomic E-state index is 11.9. The highest BCUT2D eigenvalue weighted by molar-refractivity contribution is 7.79. The highest BCUT2D eigenvalue weighted by atomic mass is 32.3. The minimum atomic E-state index is -4.67. The summed E-state index contributed by atoms with van der Waals surface area (Å²) in [6, 6.07) is 2.03. The quantitative estimate of drug-likeness (QED) is 0.658. The van der Waals surface area contributed by atoms with Gasteiger partial charge in [0.25, 0.3) is 0 Å². The Labute approximate surface area is 94.3 Å². The van der Waals surface area contributed by atoms with Gasteiger partial charge in [-0.15, -0.1) is 0 Å². The Bertz CT molecular complexity index is 434. The number of hydrogen-bond donors (Lipinski definition) is 3. The van der Waals surface area contributed by atoms with Gasteiger partial charge < -0.3 is 5.11 Å². The van der Waals surface area contributed by atoms with Crippen molar-refractivity contribution in [1.82, 2.24) is 4.98 Å². The molecular weight excluding hydrogens is 267 g/mol. The SMILES string of the molecule is O=S(=O)(O)O.OCc1ccc(C(F)(F)F)cn1. The van der Waals surface area contributed by atoms with Gasteiger partial charge in [0.1, 0.15) is 0 Å². The van der Waals surface area contributed by atoms with Gasteiger partial charge in [-0.2, -0.15) is 21.6 Å². The van der Waals surface area contributed by atoms with E-state index in [0.717, 1.165) is 12.1 Å². The Kier molecular flexibility index (Phi) is 5.48. The lowest BCUT2D eigenvalue weighted by Crippen LogP contribution is -2.05. The molecule has 0 aromatic carbocycles. The van der Waals surface area contributed by atoms with Gasteiger partial charge in [-0.25, -0.2) is 0 Å². The molecule has 1 aromatic heterocycles. The fourth-order valence-electron chi connectivity index (χ4n) is 0.686. The van der Waals surface area contributed by atoms with E-state index in [9.17, 15) is 13.2 Å². The standard InChI is InChI=1S/C7H6F3NO.H2O4S/c8-7(9,10)5-1-2-6(4-12)11-3-5;1-5(2,3)4/h1-3,12H,4H2;(H2,1,2,3,4). The molecule has 0 spiro atoms. The number of rotatable bonds is 1. The van der Waals surface area contributed by atoms with E-state index in [4.69, 9.17) is 22.6 Å². The summed E-state index contributed by atoms with van der Waals surface area (Å²) in [6.45, 7) is -0.349. The fraction of sp³-hybridized carbons (Fsp3) is 0.286. The molecule has 98 valence electrons. The summed E-state index contributed by atoms with van der Waals surface area (Å²) < 4.78 is 67.3. The summed E-state index contributed by atoms with van der Waals surface area (Å²) in [5.74, 6) is 0. The number of aliphatic hydroxyl groups is 1. The predicted octanol–water partition coefficient (Wildman–Crippen LogP) is 0.940. The van der Waals surface area contributed by atoms with Crippen molar-refractivity contribution in [3.05, 3.63) is 29.6 Å². The van der Waals surface area contributed by atoms with E-state index >= 15 is 0 Å². The van der Waals surface area contributed by atoms with Crippen LogP contribution >= 0.6 is 0 Å². The molecule has 0 aliphatic carbocycles. The smallest absolute Gasteiger partial charge is 0.390 e. The normalized spacial score (nSPS) is 11.6. The number of hydrogen-bond acceptors (Lipinski definition) is 4. The van der Waals surface area contributed by atoms with Crippen molar-refractivity contribution in [2.24, 2.45) is 0 Å². The van der Waals surface area contributed by atoms with E-state index in [-0.39, 0.29) is 12.3 Å². The molecule has 0 aliphatic rings. The van der Waals surface area contributed by atoms with Crippen LogP contribution in [-0.2, 0) is 23.2 Å². The first-order valence-corrected chi connectivity index (χ1v) is 5.26. The Morgan fingerprint density at radius 1 is 1.24 bits per heavy atom. The largest absolute Gasteiger partial charge is 0.417 e. The molecule has 0 atom stereocenters. The van der Waals surface area contributed by atoms with Crippen LogP contribution in [0.3, 0.4) is 0 Å². The number of aliphatic hydroxyl groups excluding tert-OH is 1. The zero-order valence-electron chi connectivity index (χ0n) is 8.09. The summed E-state index contributed by atoms with van der Waals surface area (Å²) in [6.07, 6.45) is -3.66. The third-order valence-electron chi connectivity index (χ3n) is 1.31. The van der Waals surface area contributed by atoms with Crippen LogP contribution in [0.5, 0.6) is 0 Å². The van der Waals surface area contributed by atoms with Gasteiger partial charge in [0, 0.05) is 6.20 Å². The molecule has 3 N–H and O–H groups in total. The summed E-state index contributed by atoms with van der Waals surface area (Å²) in [5, 5.41) is 8.49. The topological polar surface area (TPSA) is 108 Å². The first kappa shape index (κ1) is 15.8. The number of pyridine rings is 1. The van der Waals surface area contributed by atoms with Gasteiger partial charge in [-0.3, -0.25) is 14.1 Å². The molecule has 1 rings (SSSR count). The highest BCUT2D eigenvalue weighted by Gasteiger charge is 2.30. The monoisotopic (exact) mass is 275 g/mol. The Balaban J connectivity index is 0.000000437. The first-order chi connectivity index (χ1) is 7.54. The molecule has 0 amide bonds. The zero-order chi connectivity index (χ0) is 13.7. The third-order valence-corrected chi connectivity index (χ3v) is 1.31. The van der Waals surface area contributed by atoms with Crippen LogP contribution in [-0.4, -0.2) is 27.6 Å². The minimum absolute atomic E-state index is 0.225.